The summed E-state index contributed by atoms with van der Waals surface area (Å²) in [6, 6.07) is 0.676. The molecule has 2 heteroatoms. The van der Waals surface area contributed by atoms with Crippen LogP contribution in [0.2, 0.25) is 0 Å². The van der Waals surface area contributed by atoms with Crippen LogP contribution in [-0.4, -0.2) is 18.4 Å². The molecule has 0 saturated carbocycles. The first-order chi connectivity index (χ1) is 6.40. The van der Waals surface area contributed by atoms with E-state index in [1.165, 1.54) is 12.8 Å². The van der Waals surface area contributed by atoms with Gasteiger partial charge in [-0.2, -0.15) is 0 Å². The third-order valence-corrected chi connectivity index (χ3v) is 2.39. The monoisotopic (exact) mass is 201 g/mol. The van der Waals surface area contributed by atoms with E-state index in [1.807, 2.05) is 6.79 Å². The first-order valence-electron chi connectivity index (χ1n) is 5.47. The van der Waals surface area contributed by atoms with Crippen LogP contribution in [0.25, 0.3) is 0 Å². The summed E-state index contributed by atoms with van der Waals surface area (Å²) in [5.41, 5.74) is 0.254. The van der Waals surface area contributed by atoms with Crippen molar-refractivity contribution in [2.24, 2.45) is 5.92 Å². The summed E-state index contributed by atoms with van der Waals surface area (Å²) in [7, 11) is 0. The first kappa shape index (κ1) is 16.1. The average Bonchev–Trinajstić information content (AvgIpc) is 2.15. The predicted molar refractivity (Wildman–Crippen MR) is 63.5 cm³/mol. The average molecular weight is 201 g/mol. The summed E-state index contributed by atoms with van der Waals surface area (Å²) in [5.74, 6) is 0.786. The van der Waals surface area contributed by atoms with Crippen LogP contribution in [0, 0.1) is 5.92 Å². The van der Waals surface area contributed by atoms with E-state index in [9.17, 15) is 0 Å². The molecule has 0 aliphatic heterocycles. The molecular weight excluding hydrogens is 174 g/mol. The molecule has 0 fully saturated rings. The van der Waals surface area contributed by atoms with Gasteiger partial charge < -0.3 is 10.1 Å². The fourth-order valence-electron chi connectivity index (χ4n) is 1.49. The van der Waals surface area contributed by atoms with Crippen LogP contribution in [-0.2, 0) is 4.79 Å². The largest absolute Gasteiger partial charge is 0.309 e. The number of nitrogens with one attached hydrogen (secondary N) is 1. The predicted octanol–water partition coefficient (Wildman–Crippen LogP) is 3.01. The van der Waals surface area contributed by atoms with E-state index in [2.05, 4.69) is 46.9 Å². The second kappa shape index (κ2) is 7.98. The lowest BCUT2D eigenvalue weighted by Gasteiger charge is -2.31. The Balaban J connectivity index is 0. The molecule has 0 saturated heterocycles. The lowest BCUT2D eigenvalue weighted by Crippen LogP contribution is -2.46. The molecule has 0 aromatic carbocycles. The smallest absolute Gasteiger partial charge is 0.106 e. The van der Waals surface area contributed by atoms with Gasteiger partial charge in [-0.3, -0.25) is 0 Å². The van der Waals surface area contributed by atoms with E-state index < -0.39 is 0 Å². The van der Waals surface area contributed by atoms with E-state index in [0.29, 0.717) is 6.04 Å². The lowest BCUT2D eigenvalue weighted by molar-refractivity contribution is -0.0979. The van der Waals surface area contributed by atoms with Crippen molar-refractivity contribution in [2.75, 3.05) is 0 Å². The molecule has 14 heavy (non-hydrogen) atoms. The molecule has 86 valence electrons. The molecule has 1 N–H and O–H groups in total. The van der Waals surface area contributed by atoms with Gasteiger partial charge in [-0.15, -0.1) is 0 Å². The number of carbonyl (C=O) groups excluding carboxylic acids is 1. The standard InChI is InChI=1S/C11H25N.CH2O/c1-7-9(3)10(8-2)12-11(4,5)6;1-2/h9-10,12H,7-8H2,1-6H3;1H2. The molecule has 0 heterocycles. The Morgan fingerprint density at radius 3 is 1.79 bits per heavy atom. The van der Waals surface area contributed by atoms with Gasteiger partial charge in [-0.05, 0) is 33.1 Å². The molecule has 2 unspecified atom stereocenters. The number of carbonyl (C=O) groups is 1. The van der Waals surface area contributed by atoms with Gasteiger partial charge in [0, 0.05) is 11.6 Å². The highest BCUT2D eigenvalue weighted by molar-refractivity contribution is 5.10. The van der Waals surface area contributed by atoms with Crippen LogP contribution in [0.4, 0.5) is 0 Å². The van der Waals surface area contributed by atoms with Crippen molar-refractivity contribution < 1.29 is 4.79 Å². The van der Waals surface area contributed by atoms with Crippen LogP contribution >= 0.6 is 0 Å². The van der Waals surface area contributed by atoms with Crippen LogP contribution in [0.5, 0.6) is 0 Å². The van der Waals surface area contributed by atoms with E-state index in [4.69, 9.17) is 4.79 Å². The highest BCUT2D eigenvalue weighted by Gasteiger charge is 2.19. The molecule has 0 amide bonds. The fraction of sp³-hybridized carbons (Fsp3) is 0.917. The molecule has 2 nitrogen and oxygen atoms in total. The minimum Gasteiger partial charge on any atom is -0.309 e. The Kier molecular flexibility index (Phi) is 9.16. The molecule has 0 aliphatic rings. The number of hydrogen-bond donors (Lipinski definition) is 1. The Morgan fingerprint density at radius 2 is 1.57 bits per heavy atom. The topological polar surface area (TPSA) is 29.1 Å². The van der Waals surface area contributed by atoms with Crippen molar-refractivity contribution in [2.45, 2.75) is 66.0 Å². The van der Waals surface area contributed by atoms with Crippen LogP contribution in [0.1, 0.15) is 54.4 Å². The van der Waals surface area contributed by atoms with Crippen LogP contribution in [0.3, 0.4) is 0 Å². The zero-order chi connectivity index (χ0) is 11.8. The Hall–Kier alpha value is -0.370. The minimum atomic E-state index is 0.254. The van der Waals surface area contributed by atoms with Crippen LogP contribution < -0.4 is 5.32 Å². The molecular formula is C12H27NO. The zero-order valence-corrected chi connectivity index (χ0v) is 10.7. The third kappa shape index (κ3) is 8.24. The highest BCUT2D eigenvalue weighted by Crippen LogP contribution is 2.14. The SMILES string of the molecule is C=O.CCC(C)C(CC)NC(C)(C)C. The molecule has 0 aliphatic carbocycles. The molecule has 0 aromatic heterocycles. The van der Waals surface area contributed by atoms with Gasteiger partial charge in [-0.25, -0.2) is 0 Å². The van der Waals surface area contributed by atoms with Gasteiger partial charge in [0.25, 0.3) is 0 Å². The minimum absolute atomic E-state index is 0.254. The van der Waals surface area contributed by atoms with Gasteiger partial charge >= 0.3 is 0 Å². The molecule has 0 rings (SSSR count). The van der Waals surface area contributed by atoms with Crippen molar-refractivity contribution in [1.82, 2.24) is 5.32 Å². The normalized spacial score (nSPS) is 15.3. The fourth-order valence-corrected chi connectivity index (χ4v) is 1.49. The van der Waals surface area contributed by atoms with E-state index in [-0.39, 0.29) is 5.54 Å². The Morgan fingerprint density at radius 1 is 1.14 bits per heavy atom. The van der Waals surface area contributed by atoms with Crippen molar-refractivity contribution in [3.05, 3.63) is 0 Å². The van der Waals surface area contributed by atoms with Gasteiger partial charge in [0.2, 0.25) is 0 Å². The summed E-state index contributed by atoms with van der Waals surface area (Å²) in [6.45, 7) is 15.5. The lowest BCUT2D eigenvalue weighted by atomic mass is 9.94. The molecule has 0 aromatic rings. The van der Waals surface area contributed by atoms with Gasteiger partial charge in [0.05, 0.1) is 0 Å². The van der Waals surface area contributed by atoms with Gasteiger partial charge in [0.1, 0.15) is 6.79 Å². The van der Waals surface area contributed by atoms with Crippen molar-refractivity contribution in [3.8, 4) is 0 Å². The Labute approximate surface area is 89.5 Å². The van der Waals surface area contributed by atoms with E-state index in [1.54, 1.807) is 0 Å². The maximum absolute atomic E-state index is 8.00. The second-order valence-corrected chi connectivity index (χ2v) is 4.79. The molecule has 2 atom stereocenters. The maximum Gasteiger partial charge on any atom is 0.106 e. The zero-order valence-electron chi connectivity index (χ0n) is 10.7. The second-order valence-electron chi connectivity index (χ2n) is 4.79. The molecule has 0 spiro atoms. The van der Waals surface area contributed by atoms with E-state index in [0.717, 1.165) is 5.92 Å². The molecule has 0 bridgehead atoms. The van der Waals surface area contributed by atoms with Crippen molar-refractivity contribution >= 4 is 6.79 Å². The molecule has 0 radical (unpaired) electrons. The van der Waals surface area contributed by atoms with Crippen molar-refractivity contribution in [1.29, 1.82) is 0 Å². The quantitative estimate of drug-likeness (QED) is 0.757. The van der Waals surface area contributed by atoms with Crippen molar-refractivity contribution in [3.63, 3.8) is 0 Å². The summed E-state index contributed by atoms with van der Waals surface area (Å²) in [4.78, 5) is 8.00. The first-order valence-corrected chi connectivity index (χ1v) is 5.47. The van der Waals surface area contributed by atoms with Gasteiger partial charge in [0.15, 0.2) is 0 Å². The summed E-state index contributed by atoms with van der Waals surface area (Å²) < 4.78 is 0. The van der Waals surface area contributed by atoms with Crippen LogP contribution in [0.15, 0.2) is 0 Å². The Bertz CT molecular complexity index is 129. The third-order valence-electron chi connectivity index (χ3n) is 2.39. The highest BCUT2D eigenvalue weighted by atomic mass is 16.1. The summed E-state index contributed by atoms with van der Waals surface area (Å²) in [5, 5.41) is 3.66. The summed E-state index contributed by atoms with van der Waals surface area (Å²) >= 11 is 0. The summed E-state index contributed by atoms with van der Waals surface area (Å²) in [6.07, 6.45) is 2.49. The number of rotatable bonds is 4. The van der Waals surface area contributed by atoms with Gasteiger partial charge in [-0.1, -0.05) is 27.2 Å². The number of hydrogen-bond acceptors (Lipinski definition) is 2. The maximum atomic E-state index is 8.00. The van der Waals surface area contributed by atoms with E-state index >= 15 is 0 Å².